The summed E-state index contributed by atoms with van der Waals surface area (Å²) in [4.78, 5) is 27.4. The van der Waals surface area contributed by atoms with Crippen LogP contribution in [0.25, 0.3) is 0 Å². The van der Waals surface area contributed by atoms with E-state index in [1.165, 1.54) is 33.5 Å². The minimum Gasteiger partial charge on any atom is -0.493 e. The normalized spacial score (nSPS) is 16.0. The zero-order valence-corrected chi connectivity index (χ0v) is 17.2. The van der Waals surface area contributed by atoms with Gasteiger partial charge in [0, 0.05) is 11.7 Å². The molecule has 0 saturated heterocycles. The SMILES string of the molecule is COc1cc(C(=O)O[C@@H](C)C(=O)N2c3ccccc3C[C@H]2C)cc(OC)c1OC. The number of carbonyl (C=O) groups is 2. The fourth-order valence-corrected chi connectivity index (χ4v) is 3.58. The summed E-state index contributed by atoms with van der Waals surface area (Å²) >= 11 is 0. The van der Waals surface area contributed by atoms with Gasteiger partial charge < -0.3 is 23.8 Å². The third kappa shape index (κ3) is 3.85. The van der Waals surface area contributed by atoms with Crippen LogP contribution in [-0.4, -0.2) is 45.4 Å². The van der Waals surface area contributed by atoms with Gasteiger partial charge in [-0.2, -0.15) is 0 Å². The number of hydrogen-bond donors (Lipinski definition) is 0. The van der Waals surface area contributed by atoms with Crippen LogP contribution < -0.4 is 19.1 Å². The summed E-state index contributed by atoms with van der Waals surface area (Å²) in [5.41, 5.74) is 2.17. The Morgan fingerprint density at radius 2 is 1.66 bits per heavy atom. The number of fused-ring (bicyclic) bond motifs is 1. The number of esters is 1. The summed E-state index contributed by atoms with van der Waals surface area (Å²) in [7, 11) is 4.41. The Morgan fingerprint density at radius 3 is 2.24 bits per heavy atom. The molecule has 1 amide bonds. The monoisotopic (exact) mass is 399 g/mol. The number of carbonyl (C=O) groups excluding carboxylic acids is 2. The quantitative estimate of drug-likeness (QED) is 0.695. The molecule has 0 saturated carbocycles. The predicted molar refractivity (Wildman–Crippen MR) is 108 cm³/mol. The molecule has 0 aromatic heterocycles. The summed E-state index contributed by atoms with van der Waals surface area (Å²) in [6.07, 6.45) is -0.176. The first-order chi connectivity index (χ1) is 13.9. The largest absolute Gasteiger partial charge is 0.493 e. The van der Waals surface area contributed by atoms with Crippen molar-refractivity contribution in [3.8, 4) is 17.2 Å². The standard InChI is InChI=1S/C22H25NO6/c1-13-10-15-8-6-7-9-17(15)23(13)21(24)14(2)29-22(25)16-11-18(26-3)20(28-5)19(12-16)27-4/h6-9,11-14H,10H2,1-5H3/t13-,14+/m1/s1. The Morgan fingerprint density at radius 1 is 1.03 bits per heavy atom. The van der Waals surface area contributed by atoms with Crippen LogP contribution in [0.4, 0.5) is 5.69 Å². The van der Waals surface area contributed by atoms with Gasteiger partial charge in [0.1, 0.15) is 0 Å². The fraction of sp³-hybridized carbons (Fsp3) is 0.364. The number of methoxy groups -OCH3 is 3. The van der Waals surface area contributed by atoms with Crippen LogP contribution in [0, 0.1) is 0 Å². The molecule has 0 radical (unpaired) electrons. The molecule has 154 valence electrons. The van der Waals surface area contributed by atoms with Gasteiger partial charge >= 0.3 is 5.97 Å². The van der Waals surface area contributed by atoms with E-state index in [1.54, 1.807) is 11.8 Å². The van der Waals surface area contributed by atoms with Crippen LogP contribution in [0.2, 0.25) is 0 Å². The Hall–Kier alpha value is -3.22. The van der Waals surface area contributed by atoms with Crippen molar-refractivity contribution < 1.29 is 28.5 Å². The Balaban J connectivity index is 1.80. The third-order valence-corrected chi connectivity index (χ3v) is 4.98. The lowest BCUT2D eigenvalue weighted by Gasteiger charge is -2.26. The molecule has 7 heteroatoms. The maximum Gasteiger partial charge on any atom is 0.339 e. The first kappa shape index (κ1) is 20.5. The van der Waals surface area contributed by atoms with E-state index in [1.807, 2.05) is 31.2 Å². The summed E-state index contributed by atoms with van der Waals surface area (Å²) in [6, 6.07) is 10.7. The van der Waals surface area contributed by atoms with Crippen LogP contribution in [0.1, 0.15) is 29.8 Å². The van der Waals surface area contributed by atoms with E-state index in [0.717, 1.165) is 17.7 Å². The van der Waals surface area contributed by atoms with Gasteiger partial charge in [0.05, 0.1) is 26.9 Å². The molecule has 0 bridgehead atoms. The highest BCUT2D eigenvalue weighted by atomic mass is 16.6. The Labute approximate surface area is 170 Å². The molecule has 0 spiro atoms. The zero-order chi connectivity index (χ0) is 21.1. The number of nitrogens with zero attached hydrogens (tertiary/aromatic N) is 1. The lowest BCUT2D eigenvalue weighted by Crippen LogP contribution is -2.43. The molecule has 29 heavy (non-hydrogen) atoms. The van der Waals surface area contributed by atoms with E-state index in [0.29, 0.717) is 17.2 Å². The van der Waals surface area contributed by atoms with E-state index in [4.69, 9.17) is 18.9 Å². The molecular formula is C22H25NO6. The molecule has 1 heterocycles. The number of anilines is 1. The van der Waals surface area contributed by atoms with Crippen molar-refractivity contribution in [2.24, 2.45) is 0 Å². The molecule has 2 aromatic carbocycles. The summed E-state index contributed by atoms with van der Waals surface area (Å²) in [5, 5.41) is 0. The topological polar surface area (TPSA) is 74.3 Å². The van der Waals surface area contributed by atoms with Gasteiger partial charge in [0.25, 0.3) is 5.91 Å². The van der Waals surface area contributed by atoms with E-state index in [-0.39, 0.29) is 17.5 Å². The van der Waals surface area contributed by atoms with Crippen molar-refractivity contribution in [3.63, 3.8) is 0 Å². The number of amides is 1. The average molecular weight is 399 g/mol. The molecular weight excluding hydrogens is 374 g/mol. The molecule has 1 aliphatic heterocycles. The van der Waals surface area contributed by atoms with Gasteiger partial charge in [-0.3, -0.25) is 4.79 Å². The third-order valence-electron chi connectivity index (χ3n) is 4.98. The molecule has 0 aliphatic carbocycles. The zero-order valence-electron chi connectivity index (χ0n) is 17.2. The lowest BCUT2D eigenvalue weighted by molar-refractivity contribution is -0.126. The minimum atomic E-state index is -0.949. The van der Waals surface area contributed by atoms with Crippen LogP contribution in [0.3, 0.4) is 0 Å². The van der Waals surface area contributed by atoms with E-state index < -0.39 is 12.1 Å². The first-order valence-electron chi connectivity index (χ1n) is 9.33. The molecule has 1 aliphatic rings. The average Bonchev–Trinajstić information content (AvgIpc) is 3.07. The first-order valence-corrected chi connectivity index (χ1v) is 9.33. The summed E-state index contributed by atoms with van der Waals surface area (Å²) in [5.74, 6) is 0.131. The van der Waals surface area contributed by atoms with Crippen molar-refractivity contribution in [1.82, 2.24) is 0 Å². The second kappa shape index (κ2) is 8.43. The van der Waals surface area contributed by atoms with Crippen LogP contribution in [0.15, 0.2) is 36.4 Å². The van der Waals surface area contributed by atoms with Crippen LogP contribution in [-0.2, 0) is 16.0 Å². The van der Waals surface area contributed by atoms with E-state index in [9.17, 15) is 9.59 Å². The Kier molecular flexibility index (Phi) is 5.96. The van der Waals surface area contributed by atoms with Gasteiger partial charge in [-0.1, -0.05) is 18.2 Å². The fourth-order valence-electron chi connectivity index (χ4n) is 3.58. The van der Waals surface area contributed by atoms with Gasteiger partial charge in [0.15, 0.2) is 17.6 Å². The molecule has 2 aromatic rings. The second-order valence-corrected chi connectivity index (χ2v) is 6.85. The number of rotatable bonds is 6. The van der Waals surface area contributed by atoms with Crippen LogP contribution >= 0.6 is 0 Å². The molecule has 0 fully saturated rings. The number of benzene rings is 2. The van der Waals surface area contributed by atoms with E-state index >= 15 is 0 Å². The number of hydrogen-bond acceptors (Lipinski definition) is 6. The molecule has 0 unspecified atom stereocenters. The molecule has 3 rings (SSSR count). The van der Waals surface area contributed by atoms with Crippen molar-refractivity contribution in [1.29, 1.82) is 0 Å². The van der Waals surface area contributed by atoms with Gasteiger partial charge in [0.2, 0.25) is 5.75 Å². The smallest absolute Gasteiger partial charge is 0.339 e. The predicted octanol–water partition coefficient (Wildman–Crippen LogP) is 3.24. The van der Waals surface area contributed by atoms with Crippen molar-refractivity contribution in [2.45, 2.75) is 32.4 Å². The van der Waals surface area contributed by atoms with Crippen LogP contribution in [0.5, 0.6) is 17.2 Å². The number of ether oxygens (including phenoxy) is 4. The Bertz CT molecular complexity index is 900. The molecule has 0 N–H and O–H groups in total. The highest BCUT2D eigenvalue weighted by Gasteiger charge is 2.34. The maximum absolute atomic E-state index is 13.0. The van der Waals surface area contributed by atoms with Gasteiger partial charge in [-0.25, -0.2) is 4.79 Å². The lowest BCUT2D eigenvalue weighted by atomic mass is 10.1. The molecule has 2 atom stereocenters. The second-order valence-electron chi connectivity index (χ2n) is 6.85. The summed E-state index contributed by atoms with van der Waals surface area (Å²) in [6.45, 7) is 3.55. The highest BCUT2D eigenvalue weighted by molar-refractivity contribution is 6.01. The van der Waals surface area contributed by atoms with E-state index in [2.05, 4.69) is 0 Å². The number of para-hydroxylation sites is 1. The van der Waals surface area contributed by atoms with Crippen molar-refractivity contribution >= 4 is 17.6 Å². The van der Waals surface area contributed by atoms with Gasteiger partial charge in [-0.05, 0) is 44.0 Å². The highest BCUT2D eigenvalue weighted by Crippen LogP contribution is 2.38. The summed E-state index contributed by atoms with van der Waals surface area (Å²) < 4.78 is 21.3. The minimum absolute atomic E-state index is 0.00206. The molecule has 7 nitrogen and oxygen atoms in total. The maximum atomic E-state index is 13.0. The van der Waals surface area contributed by atoms with Gasteiger partial charge in [-0.15, -0.1) is 0 Å². The van der Waals surface area contributed by atoms with Crippen molar-refractivity contribution in [3.05, 3.63) is 47.5 Å². The van der Waals surface area contributed by atoms with Crippen molar-refractivity contribution in [2.75, 3.05) is 26.2 Å².